The van der Waals surface area contributed by atoms with E-state index in [1.807, 2.05) is 23.2 Å². The van der Waals surface area contributed by atoms with E-state index >= 15 is 0 Å². The smallest absolute Gasteiger partial charge is 0.317 e. The summed E-state index contributed by atoms with van der Waals surface area (Å²) < 4.78 is 7.68. The van der Waals surface area contributed by atoms with Gasteiger partial charge in [-0.1, -0.05) is 6.07 Å². The van der Waals surface area contributed by atoms with Crippen LogP contribution in [0.5, 0.6) is 0 Å². The summed E-state index contributed by atoms with van der Waals surface area (Å²) in [5.41, 5.74) is 2.31. The minimum absolute atomic E-state index is 0.000371. The van der Waals surface area contributed by atoms with E-state index in [0.29, 0.717) is 13.1 Å². The normalized spacial score (nSPS) is 19.0. The SMILES string of the molecule is O=C(NC[C@H](c1cccnc1)N1CCOCC1)N1CCn2cccc2C1. The van der Waals surface area contributed by atoms with Crippen LogP contribution in [-0.2, 0) is 17.8 Å². The van der Waals surface area contributed by atoms with Gasteiger partial charge in [-0.2, -0.15) is 0 Å². The molecule has 0 bridgehead atoms. The highest BCUT2D eigenvalue weighted by Gasteiger charge is 2.25. The van der Waals surface area contributed by atoms with Gasteiger partial charge in [0.2, 0.25) is 0 Å². The zero-order valence-corrected chi connectivity index (χ0v) is 14.9. The van der Waals surface area contributed by atoms with Crippen molar-refractivity contribution in [3.05, 3.63) is 54.1 Å². The van der Waals surface area contributed by atoms with Crippen molar-refractivity contribution in [2.75, 3.05) is 39.4 Å². The van der Waals surface area contributed by atoms with E-state index in [4.69, 9.17) is 4.74 Å². The molecule has 4 rings (SSSR count). The predicted octanol–water partition coefficient (Wildman–Crippen LogP) is 1.48. The van der Waals surface area contributed by atoms with Crippen LogP contribution in [0, 0.1) is 0 Å². The number of pyridine rings is 1. The molecule has 7 heteroatoms. The molecule has 138 valence electrons. The number of carbonyl (C=O) groups is 1. The molecule has 26 heavy (non-hydrogen) atoms. The molecule has 4 heterocycles. The molecule has 1 fully saturated rings. The lowest BCUT2D eigenvalue weighted by Crippen LogP contribution is -2.48. The topological polar surface area (TPSA) is 62.6 Å². The maximum atomic E-state index is 12.7. The first-order chi connectivity index (χ1) is 12.8. The first kappa shape index (κ1) is 17.1. The van der Waals surface area contributed by atoms with Crippen molar-refractivity contribution in [3.63, 3.8) is 0 Å². The van der Waals surface area contributed by atoms with Crippen LogP contribution < -0.4 is 5.32 Å². The molecule has 2 amide bonds. The van der Waals surface area contributed by atoms with E-state index in [1.54, 1.807) is 6.20 Å². The van der Waals surface area contributed by atoms with Crippen molar-refractivity contribution in [3.8, 4) is 0 Å². The Morgan fingerprint density at radius 2 is 2.08 bits per heavy atom. The molecule has 1 N–H and O–H groups in total. The number of fused-ring (bicyclic) bond motifs is 1. The Labute approximate surface area is 153 Å². The number of urea groups is 1. The third-order valence-corrected chi connectivity index (χ3v) is 5.18. The molecule has 0 aliphatic carbocycles. The van der Waals surface area contributed by atoms with Gasteiger partial charge in [-0.05, 0) is 23.8 Å². The van der Waals surface area contributed by atoms with E-state index in [-0.39, 0.29) is 12.1 Å². The lowest BCUT2D eigenvalue weighted by molar-refractivity contribution is 0.0163. The summed E-state index contributed by atoms with van der Waals surface area (Å²) >= 11 is 0. The number of ether oxygens (including phenoxy) is 1. The minimum Gasteiger partial charge on any atom is -0.379 e. The van der Waals surface area contributed by atoms with Crippen LogP contribution in [0.25, 0.3) is 0 Å². The van der Waals surface area contributed by atoms with E-state index in [1.165, 1.54) is 5.69 Å². The van der Waals surface area contributed by atoms with Crippen molar-refractivity contribution in [1.29, 1.82) is 0 Å². The molecule has 2 aromatic heterocycles. The number of hydrogen-bond donors (Lipinski definition) is 1. The van der Waals surface area contributed by atoms with Crippen LogP contribution in [0.3, 0.4) is 0 Å². The predicted molar refractivity (Wildman–Crippen MR) is 97.6 cm³/mol. The lowest BCUT2D eigenvalue weighted by Gasteiger charge is -2.35. The third-order valence-electron chi connectivity index (χ3n) is 5.18. The Morgan fingerprint density at radius 3 is 2.88 bits per heavy atom. The zero-order chi connectivity index (χ0) is 17.8. The number of hydrogen-bond acceptors (Lipinski definition) is 4. The Bertz CT molecular complexity index is 727. The van der Waals surface area contributed by atoms with Crippen molar-refractivity contribution in [2.45, 2.75) is 19.1 Å². The Balaban J connectivity index is 1.40. The molecule has 0 aromatic carbocycles. The van der Waals surface area contributed by atoms with Crippen LogP contribution in [-0.4, -0.2) is 64.8 Å². The fraction of sp³-hybridized carbons (Fsp3) is 0.474. The van der Waals surface area contributed by atoms with Crippen LogP contribution in [0.2, 0.25) is 0 Å². The van der Waals surface area contributed by atoms with Crippen molar-refractivity contribution < 1.29 is 9.53 Å². The van der Waals surface area contributed by atoms with Gasteiger partial charge in [0, 0.05) is 57.0 Å². The van der Waals surface area contributed by atoms with Crippen LogP contribution >= 0.6 is 0 Å². The number of carbonyl (C=O) groups excluding carboxylic acids is 1. The molecule has 7 nitrogen and oxygen atoms in total. The average Bonchev–Trinajstić information content (AvgIpc) is 3.17. The highest BCUT2D eigenvalue weighted by molar-refractivity contribution is 5.74. The van der Waals surface area contributed by atoms with Crippen LogP contribution in [0.4, 0.5) is 4.79 Å². The highest BCUT2D eigenvalue weighted by atomic mass is 16.5. The average molecular weight is 355 g/mol. The number of nitrogens with zero attached hydrogens (tertiary/aromatic N) is 4. The summed E-state index contributed by atoms with van der Waals surface area (Å²) in [6.45, 7) is 6.02. The van der Waals surface area contributed by atoms with Gasteiger partial charge in [-0.3, -0.25) is 9.88 Å². The fourth-order valence-corrected chi connectivity index (χ4v) is 3.70. The van der Waals surface area contributed by atoms with E-state index in [2.05, 4.69) is 38.1 Å². The third kappa shape index (κ3) is 3.73. The molecule has 2 aliphatic rings. The van der Waals surface area contributed by atoms with Crippen molar-refractivity contribution >= 4 is 6.03 Å². The fourth-order valence-electron chi connectivity index (χ4n) is 3.70. The maximum absolute atomic E-state index is 12.7. The summed E-state index contributed by atoms with van der Waals surface area (Å²) in [6.07, 6.45) is 5.74. The Kier molecular flexibility index (Phi) is 5.17. The summed E-state index contributed by atoms with van der Waals surface area (Å²) in [7, 11) is 0. The summed E-state index contributed by atoms with van der Waals surface area (Å²) in [4.78, 5) is 21.2. The summed E-state index contributed by atoms with van der Waals surface area (Å²) in [6, 6.07) is 8.25. The van der Waals surface area contributed by atoms with Gasteiger partial charge in [0.15, 0.2) is 0 Å². The molecule has 2 aromatic rings. The molecular weight excluding hydrogens is 330 g/mol. The molecule has 2 aliphatic heterocycles. The monoisotopic (exact) mass is 355 g/mol. The number of aromatic nitrogens is 2. The lowest BCUT2D eigenvalue weighted by atomic mass is 10.1. The van der Waals surface area contributed by atoms with Gasteiger partial charge < -0.3 is 19.5 Å². The molecule has 0 radical (unpaired) electrons. The van der Waals surface area contributed by atoms with Gasteiger partial charge in [-0.25, -0.2) is 4.79 Å². The number of nitrogens with one attached hydrogen (secondary N) is 1. The first-order valence-electron chi connectivity index (χ1n) is 9.20. The maximum Gasteiger partial charge on any atom is 0.317 e. The molecule has 0 spiro atoms. The second-order valence-corrected chi connectivity index (χ2v) is 6.75. The van der Waals surface area contributed by atoms with Crippen LogP contribution in [0.15, 0.2) is 42.9 Å². The van der Waals surface area contributed by atoms with Crippen molar-refractivity contribution in [1.82, 2.24) is 24.7 Å². The largest absolute Gasteiger partial charge is 0.379 e. The second-order valence-electron chi connectivity index (χ2n) is 6.75. The summed E-state index contributed by atoms with van der Waals surface area (Å²) in [5.74, 6) is 0. The minimum atomic E-state index is -0.000371. The van der Waals surface area contributed by atoms with Gasteiger partial charge in [0.05, 0.1) is 25.8 Å². The van der Waals surface area contributed by atoms with E-state index < -0.39 is 0 Å². The Morgan fingerprint density at radius 1 is 1.19 bits per heavy atom. The standard InChI is InChI=1S/C19H25N5O2/c25-19(24-8-7-22-6-2-4-17(22)15-24)21-14-18(16-3-1-5-20-13-16)23-9-11-26-12-10-23/h1-6,13,18H,7-12,14-15H2,(H,21,25)/t18-/m1/s1. The molecule has 0 unspecified atom stereocenters. The highest BCUT2D eigenvalue weighted by Crippen LogP contribution is 2.21. The van der Waals surface area contributed by atoms with E-state index in [9.17, 15) is 4.79 Å². The number of amides is 2. The quantitative estimate of drug-likeness (QED) is 0.902. The summed E-state index contributed by atoms with van der Waals surface area (Å²) in [5, 5.41) is 3.14. The van der Waals surface area contributed by atoms with Gasteiger partial charge >= 0.3 is 6.03 Å². The van der Waals surface area contributed by atoms with Crippen molar-refractivity contribution in [2.24, 2.45) is 0 Å². The van der Waals surface area contributed by atoms with E-state index in [0.717, 1.165) is 45.0 Å². The Hall–Kier alpha value is -2.38. The molecule has 1 atom stereocenters. The number of rotatable bonds is 4. The first-order valence-corrected chi connectivity index (χ1v) is 9.20. The van der Waals surface area contributed by atoms with Gasteiger partial charge in [0.25, 0.3) is 0 Å². The second kappa shape index (κ2) is 7.88. The zero-order valence-electron chi connectivity index (χ0n) is 14.9. The van der Waals surface area contributed by atoms with Crippen LogP contribution in [0.1, 0.15) is 17.3 Å². The number of morpholine rings is 1. The molecular formula is C19H25N5O2. The molecule has 1 saturated heterocycles. The molecule has 0 saturated carbocycles. The van der Waals surface area contributed by atoms with Gasteiger partial charge in [0.1, 0.15) is 0 Å². The van der Waals surface area contributed by atoms with Gasteiger partial charge in [-0.15, -0.1) is 0 Å².